The molecule has 0 spiro atoms. The second kappa shape index (κ2) is 17.1. The Morgan fingerprint density at radius 1 is 0.643 bits per heavy atom. The van der Waals surface area contributed by atoms with Gasteiger partial charge in [0.2, 0.25) is 10.6 Å². The van der Waals surface area contributed by atoms with Gasteiger partial charge in [-0.25, -0.2) is 9.97 Å². The molecule has 13 heteroatoms. The Kier molecular flexibility index (Phi) is 11.3. The zero-order valence-corrected chi connectivity index (χ0v) is 31.6. The summed E-state index contributed by atoms with van der Waals surface area (Å²) >= 11 is 12.3. The number of aromatic nitrogens is 8. The molecule has 0 saturated heterocycles. The highest BCUT2D eigenvalue weighted by Crippen LogP contribution is 2.31. The number of benzene rings is 4. The highest BCUT2D eigenvalue weighted by Gasteiger charge is 2.23. The topological polar surface area (TPSA) is 142 Å². The average Bonchev–Trinajstić information content (AvgIpc) is 4.00. The van der Waals surface area contributed by atoms with E-state index in [2.05, 4.69) is 143 Å². The number of hydrogen-bond acceptors (Lipinski definition) is 9. The van der Waals surface area contributed by atoms with Crippen LogP contribution >= 0.6 is 23.2 Å². The van der Waals surface area contributed by atoms with Crippen molar-refractivity contribution in [3.8, 4) is 0 Å². The van der Waals surface area contributed by atoms with Gasteiger partial charge in [0.25, 0.3) is 0 Å². The number of imidazole rings is 2. The van der Waals surface area contributed by atoms with Crippen LogP contribution in [-0.2, 0) is 0 Å². The molecule has 280 valence electrons. The van der Waals surface area contributed by atoms with Crippen LogP contribution in [0.2, 0.25) is 10.6 Å². The fraction of sp³-hybridized carbons (Fsp3) is 0.163. The third kappa shape index (κ3) is 8.40. The monoisotopic (exact) mass is 780 g/mol. The van der Waals surface area contributed by atoms with Crippen LogP contribution in [0.3, 0.4) is 0 Å². The van der Waals surface area contributed by atoms with Crippen LogP contribution in [0.25, 0.3) is 22.3 Å². The highest BCUT2D eigenvalue weighted by molar-refractivity contribution is 6.29. The van der Waals surface area contributed by atoms with Crippen LogP contribution in [0, 0.1) is 0 Å². The second-order valence-corrected chi connectivity index (χ2v) is 14.0. The lowest BCUT2D eigenvalue weighted by molar-refractivity contribution is 0.211. The average molecular weight is 782 g/mol. The van der Waals surface area contributed by atoms with E-state index < -0.39 is 6.10 Å². The van der Waals surface area contributed by atoms with Gasteiger partial charge in [-0.1, -0.05) is 133 Å². The maximum absolute atomic E-state index is 9.85. The number of aromatic amines is 1. The van der Waals surface area contributed by atoms with Gasteiger partial charge in [0.15, 0.2) is 28.4 Å². The lowest BCUT2D eigenvalue weighted by Gasteiger charge is -2.19. The third-order valence-electron chi connectivity index (χ3n) is 9.80. The van der Waals surface area contributed by atoms with E-state index in [0.717, 1.165) is 5.52 Å². The van der Waals surface area contributed by atoms with Crippen LogP contribution in [0.4, 0.5) is 11.6 Å². The predicted molar refractivity (Wildman–Crippen MR) is 222 cm³/mol. The highest BCUT2D eigenvalue weighted by atomic mass is 35.5. The predicted octanol–water partition coefficient (Wildman–Crippen LogP) is 8.84. The van der Waals surface area contributed by atoms with Crippen molar-refractivity contribution in [3.63, 3.8) is 0 Å². The van der Waals surface area contributed by atoms with E-state index in [1.807, 2.05) is 34.9 Å². The van der Waals surface area contributed by atoms with Gasteiger partial charge in [-0.15, -0.1) is 0 Å². The summed E-state index contributed by atoms with van der Waals surface area (Å²) in [6.45, 7) is 1.31. The van der Waals surface area contributed by atoms with E-state index in [-0.39, 0.29) is 28.4 Å². The van der Waals surface area contributed by atoms with Gasteiger partial charge < -0.3 is 25.3 Å². The van der Waals surface area contributed by atoms with Crippen LogP contribution < -0.4 is 10.6 Å². The fourth-order valence-corrected chi connectivity index (χ4v) is 7.38. The third-order valence-corrected chi connectivity index (χ3v) is 10.1. The smallest absolute Gasteiger partial charge is 0.226 e. The van der Waals surface area contributed by atoms with E-state index in [1.54, 1.807) is 18.7 Å². The molecule has 56 heavy (non-hydrogen) atoms. The Labute approximate surface area is 333 Å². The number of H-pyrrole nitrogens is 1. The molecule has 1 aliphatic carbocycles. The molecule has 4 heterocycles. The lowest BCUT2D eigenvalue weighted by Crippen LogP contribution is -2.15. The van der Waals surface area contributed by atoms with Crippen LogP contribution in [-0.4, -0.2) is 63.8 Å². The minimum Gasteiger partial charge on any atom is -0.389 e. The number of nitrogens with zero attached hydrogens (tertiary/aromatic N) is 7. The van der Waals surface area contributed by atoms with Gasteiger partial charge in [-0.2, -0.15) is 19.9 Å². The first-order valence-corrected chi connectivity index (χ1v) is 19.1. The number of halogens is 2. The van der Waals surface area contributed by atoms with Gasteiger partial charge >= 0.3 is 0 Å². The molecule has 0 unspecified atom stereocenters. The largest absolute Gasteiger partial charge is 0.389 e. The van der Waals surface area contributed by atoms with Crippen LogP contribution in [0.1, 0.15) is 46.6 Å². The molecule has 0 amide bonds. The standard InChI is InChI=1S/C24H22ClN5O.C19H16ClN5/c25-24-28-22(21-23(29-24)30(15-27-21)18-11-12-19(31)13-18)26-14-20(16-7-3-1-4-8-16)17-9-5-2-6-10-17;20-19-24-17(16-18(25-19)23-12-22-16)21-11-15(13-7-3-1-4-8-13)14-9-5-2-6-10-14/h1-12,15,18-20,31H,13-14H2,(H,26,28,29);1-10,12,15H,11H2,(H2,21,22,23,24,25)/t18-,19+;/m0./s1. The maximum atomic E-state index is 9.85. The van der Waals surface area contributed by atoms with Crippen molar-refractivity contribution in [1.29, 1.82) is 0 Å². The molecule has 8 aromatic rings. The summed E-state index contributed by atoms with van der Waals surface area (Å²) < 4.78 is 1.94. The summed E-state index contributed by atoms with van der Waals surface area (Å²) in [5.74, 6) is 1.59. The molecular weight excluding hydrogens is 743 g/mol. The number of rotatable bonds is 11. The summed E-state index contributed by atoms with van der Waals surface area (Å²) in [6, 6.07) is 41.6. The zero-order chi connectivity index (χ0) is 38.3. The number of nitrogens with one attached hydrogen (secondary N) is 3. The molecule has 11 nitrogen and oxygen atoms in total. The van der Waals surface area contributed by atoms with Crippen LogP contribution in [0.15, 0.2) is 146 Å². The van der Waals surface area contributed by atoms with Crippen molar-refractivity contribution >= 4 is 57.2 Å². The number of anilines is 2. The van der Waals surface area contributed by atoms with E-state index in [1.165, 1.54) is 22.3 Å². The Hall–Kier alpha value is -6.14. The summed E-state index contributed by atoms with van der Waals surface area (Å²) in [4.78, 5) is 29.0. The first-order valence-electron chi connectivity index (χ1n) is 18.3. The molecule has 0 aliphatic heterocycles. The number of aliphatic hydroxyl groups excluding tert-OH is 1. The maximum Gasteiger partial charge on any atom is 0.226 e. The first-order chi connectivity index (χ1) is 27.5. The quantitative estimate of drug-likeness (QED) is 0.0748. The van der Waals surface area contributed by atoms with E-state index >= 15 is 0 Å². The Bertz CT molecular complexity index is 2450. The summed E-state index contributed by atoms with van der Waals surface area (Å²) in [5.41, 5.74) is 7.54. The zero-order valence-electron chi connectivity index (χ0n) is 30.1. The molecular formula is C43H38Cl2N10O. The number of aliphatic hydroxyl groups is 1. The molecule has 0 saturated carbocycles. The van der Waals surface area contributed by atoms with E-state index in [0.29, 0.717) is 48.0 Å². The molecule has 0 bridgehead atoms. The Morgan fingerprint density at radius 2 is 1.14 bits per heavy atom. The first kappa shape index (κ1) is 36.8. The van der Waals surface area contributed by atoms with Crippen molar-refractivity contribution < 1.29 is 5.11 Å². The fourth-order valence-electron chi connectivity index (χ4n) is 7.05. The van der Waals surface area contributed by atoms with Crippen molar-refractivity contribution in [3.05, 3.63) is 179 Å². The minimum atomic E-state index is -0.449. The molecule has 4 aromatic heterocycles. The van der Waals surface area contributed by atoms with Gasteiger partial charge in [-0.05, 0) is 45.5 Å². The van der Waals surface area contributed by atoms with Gasteiger partial charge in [-0.3, -0.25) is 0 Å². The minimum absolute atomic E-state index is 0.000188. The summed E-state index contributed by atoms with van der Waals surface area (Å²) in [7, 11) is 0. The molecule has 4 N–H and O–H groups in total. The molecule has 2 atom stereocenters. The van der Waals surface area contributed by atoms with Crippen LogP contribution in [0.5, 0.6) is 0 Å². The van der Waals surface area contributed by atoms with Gasteiger partial charge in [0.05, 0.1) is 24.8 Å². The molecule has 1 aliphatic rings. The lowest BCUT2D eigenvalue weighted by atomic mass is 9.91. The van der Waals surface area contributed by atoms with Crippen molar-refractivity contribution in [2.24, 2.45) is 0 Å². The van der Waals surface area contributed by atoms with Gasteiger partial charge in [0, 0.05) is 31.3 Å². The van der Waals surface area contributed by atoms with Gasteiger partial charge in [0.1, 0.15) is 5.52 Å². The van der Waals surface area contributed by atoms with Crippen molar-refractivity contribution in [2.45, 2.75) is 30.4 Å². The molecule has 0 radical (unpaired) electrons. The molecule has 9 rings (SSSR count). The molecule has 4 aromatic carbocycles. The van der Waals surface area contributed by atoms with E-state index in [4.69, 9.17) is 23.2 Å². The summed E-state index contributed by atoms with van der Waals surface area (Å²) in [5, 5.41) is 17.1. The summed E-state index contributed by atoms with van der Waals surface area (Å²) in [6.07, 6.45) is 7.24. The van der Waals surface area contributed by atoms with Crippen molar-refractivity contribution in [1.82, 2.24) is 39.5 Å². The number of allylic oxidation sites excluding steroid dienone is 1. The number of fused-ring (bicyclic) bond motifs is 2. The Balaban J connectivity index is 0.000000161. The number of hydrogen-bond donors (Lipinski definition) is 4. The SMILES string of the molecule is Clc1nc(NCC(c2ccccc2)c2ccccc2)c2[nH]cnc2n1.O[C@@H]1C=C[C@H](n2cnc3c(NCC(c4ccccc4)c4ccccc4)nc(Cl)nc32)C1. The van der Waals surface area contributed by atoms with Crippen molar-refractivity contribution in [2.75, 3.05) is 23.7 Å². The second-order valence-electron chi connectivity index (χ2n) is 13.4. The van der Waals surface area contributed by atoms with E-state index in [9.17, 15) is 5.11 Å². The normalized spacial score (nSPS) is 15.0. The Morgan fingerprint density at radius 3 is 1.66 bits per heavy atom. The molecule has 0 fully saturated rings.